The van der Waals surface area contributed by atoms with Gasteiger partial charge in [-0.2, -0.15) is 8.78 Å². The van der Waals surface area contributed by atoms with Crippen LogP contribution in [0.25, 0.3) is 0 Å². The van der Waals surface area contributed by atoms with Crippen molar-refractivity contribution >= 4 is 0 Å². The fourth-order valence-electron chi connectivity index (χ4n) is 1.57. The fourth-order valence-corrected chi connectivity index (χ4v) is 1.57. The van der Waals surface area contributed by atoms with Gasteiger partial charge in [0.2, 0.25) is 0 Å². The number of alkyl halides is 2. The molecule has 1 atom stereocenters. The van der Waals surface area contributed by atoms with Crippen LogP contribution in [0, 0.1) is 0 Å². The molecule has 0 bridgehead atoms. The van der Waals surface area contributed by atoms with E-state index in [1.165, 1.54) is 12.1 Å². The molecule has 0 fully saturated rings. The molecule has 0 aliphatic carbocycles. The second kappa shape index (κ2) is 7.25. The van der Waals surface area contributed by atoms with Gasteiger partial charge in [-0.15, -0.1) is 0 Å². The van der Waals surface area contributed by atoms with Crippen LogP contribution in [0.4, 0.5) is 8.78 Å². The second-order valence-corrected chi connectivity index (χ2v) is 3.90. The van der Waals surface area contributed by atoms with Crippen molar-refractivity contribution < 1.29 is 23.7 Å². The Morgan fingerprint density at radius 3 is 2.50 bits per heavy atom. The number of nitrogens with one attached hydrogen (secondary N) is 1. The van der Waals surface area contributed by atoms with Crippen molar-refractivity contribution in [3.63, 3.8) is 0 Å². The Bertz CT molecular complexity index is 359. The normalized spacial score (nSPS) is 13.1. The summed E-state index contributed by atoms with van der Waals surface area (Å²) in [4.78, 5) is 0. The molecule has 0 amide bonds. The molecule has 0 radical (unpaired) electrons. The van der Waals surface area contributed by atoms with Crippen LogP contribution in [-0.4, -0.2) is 36.1 Å². The first kappa shape index (κ1) is 14.8. The van der Waals surface area contributed by atoms with Gasteiger partial charge in [0.1, 0.15) is 5.75 Å². The maximum absolute atomic E-state index is 12.1. The summed E-state index contributed by atoms with van der Waals surface area (Å²) in [6, 6.07) is 5.66. The van der Waals surface area contributed by atoms with Gasteiger partial charge in [-0.3, -0.25) is 0 Å². The summed E-state index contributed by atoms with van der Waals surface area (Å²) in [6.07, 6.45) is 0. The molecule has 1 rings (SSSR count). The van der Waals surface area contributed by atoms with E-state index >= 15 is 0 Å². The van der Waals surface area contributed by atoms with Crippen molar-refractivity contribution in [2.45, 2.75) is 25.6 Å². The number of aliphatic hydroxyl groups excluding tert-OH is 2. The van der Waals surface area contributed by atoms with Crippen molar-refractivity contribution in [3.05, 3.63) is 29.8 Å². The second-order valence-electron chi connectivity index (χ2n) is 3.90. The third-order valence-corrected chi connectivity index (χ3v) is 2.51. The first-order valence-corrected chi connectivity index (χ1v) is 5.59. The zero-order chi connectivity index (χ0) is 13.5. The third kappa shape index (κ3) is 4.56. The highest BCUT2D eigenvalue weighted by molar-refractivity contribution is 5.30. The first-order chi connectivity index (χ1) is 8.56. The zero-order valence-corrected chi connectivity index (χ0v) is 10.0. The number of aliphatic hydroxyl groups is 2. The Labute approximate surface area is 104 Å². The zero-order valence-electron chi connectivity index (χ0n) is 10.0. The van der Waals surface area contributed by atoms with E-state index < -0.39 is 12.7 Å². The maximum Gasteiger partial charge on any atom is 0.387 e. The largest absolute Gasteiger partial charge is 0.435 e. The molecule has 0 saturated carbocycles. The van der Waals surface area contributed by atoms with Crippen LogP contribution >= 0.6 is 0 Å². The molecule has 1 aromatic carbocycles. The third-order valence-electron chi connectivity index (χ3n) is 2.51. The van der Waals surface area contributed by atoms with Crippen LogP contribution in [0.5, 0.6) is 5.75 Å². The monoisotopic (exact) mass is 261 g/mol. The van der Waals surface area contributed by atoms with E-state index in [0.29, 0.717) is 0 Å². The molecule has 0 heterocycles. The topological polar surface area (TPSA) is 61.7 Å². The Hall–Kier alpha value is -1.24. The van der Waals surface area contributed by atoms with E-state index in [0.717, 1.165) is 5.56 Å². The average molecular weight is 261 g/mol. The van der Waals surface area contributed by atoms with Crippen molar-refractivity contribution in [2.75, 3.05) is 13.2 Å². The molecule has 0 aliphatic rings. The minimum atomic E-state index is -2.86. The van der Waals surface area contributed by atoms with Gasteiger partial charge in [-0.05, 0) is 24.6 Å². The molecular formula is C12H17F2NO3. The number of benzene rings is 1. The average Bonchev–Trinajstić information content (AvgIpc) is 2.35. The van der Waals surface area contributed by atoms with Gasteiger partial charge in [0.05, 0.1) is 19.3 Å². The Morgan fingerprint density at radius 1 is 1.28 bits per heavy atom. The molecule has 0 aromatic heterocycles. The predicted octanol–water partition coefficient (Wildman–Crippen LogP) is 1.29. The van der Waals surface area contributed by atoms with Crippen LogP contribution in [-0.2, 0) is 0 Å². The maximum atomic E-state index is 12.1. The number of ether oxygens (including phenoxy) is 1. The Morgan fingerprint density at radius 2 is 1.94 bits per heavy atom. The highest BCUT2D eigenvalue weighted by atomic mass is 19.3. The predicted molar refractivity (Wildman–Crippen MR) is 62.6 cm³/mol. The summed E-state index contributed by atoms with van der Waals surface area (Å²) in [5.74, 6) is 0.0840. The molecule has 0 saturated heterocycles. The molecule has 0 spiro atoms. The minimum absolute atomic E-state index is 0.0840. The van der Waals surface area contributed by atoms with E-state index in [4.69, 9.17) is 10.2 Å². The van der Waals surface area contributed by atoms with E-state index in [9.17, 15) is 8.78 Å². The van der Waals surface area contributed by atoms with Gasteiger partial charge in [0.15, 0.2) is 0 Å². The number of hydrogen-bond donors (Lipinski definition) is 3. The molecule has 1 aromatic rings. The first-order valence-electron chi connectivity index (χ1n) is 5.59. The lowest BCUT2D eigenvalue weighted by molar-refractivity contribution is -0.0499. The van der Waals surface area contributed by atoms with Crippen molar-refractivity contribution in [1.82, 2.24) is 5.32 Å². The summed E-state index contributed by atoms with van der Waals surface area (Å²) in [5, 5.41) is 20.9. The van der Waals surface area contributed by atoms with Crippen LogP contribution in [0.1, 0.15) is 18.5 Å². The van der Waals surface area contributed by atoms with Gasteiger partial charge in [0.25, 0.3) is 0 Å². The standard InChI is InChI=1S/C12H17F2NO3/c1-8(15-10(6-16)7-17)9-3-2-4-11(5-9)18-12(13)14/h2-5,8,10,12,15-17H,6-7H2,1H3. The molecule has 4 nitrogen and oxygen atoms in total. The highest BCUT2D eigenvalue weighted by Crippen LogP contribution is 2.20. The summed E-state index contributed by atoms with van der Waals surface area (Å²) in [6.45, 7) is -1.45. The van der Waals surface area contributed by atoms with E-state index in [1.54, 1.807) is 19.1 Å². The lowest BCUT2D eigenvalue weighted by Crippen LogP contribution is -2.37. The van der Waals surface area contributed by atoms with Gasteiger partial charge >= 0.3 is 6.61 Å². The van der Waals surface area contributed by atoms with Crippen LogP contribution in [0.3, 0.4) is 0 Å². The summed E-state index contributed by atoms with van der Waals surface area (Å²) in [5.41, 5.74) is 0.736. The number of hydrogen-bond acceptors (Lipinski definition) is 4. The highest BCUT2D eigenvalue weighted by Gasteiger charge is 2.13. The van der Waals surface area contributed by atoms with Gasteiger partial charge in [-0.25, -0.2) is 0 Å². The lowest BCUT2D eigenvalue weighted by atomic mass is 10.1. The number of rotatable bonds is 7. The van der Waals surface area contributed by atoms with Crippen LogP contribution < -0.4 is 10.1 Å². The summed E-state index contributed by atoms with van der Waals surface area (Å²) < 4.78 is 28.4. The van der Waals surface area contributed by atoms with Gasteiger partial charge in [0, 0.05) is 6.04 Å². The van der Waals surface area contributed by atoms with Crippen LogP contribution in [0.15, 0.2) is 24.3 Å². The quantitative estimate of drug-likeness (QED) is 0.692. The SMILES string of the molecule is CC(NC(CO)CO)c1cccc(OC(F)F)c1. The molecule has 0 aliphatic heterocycles. The molecule has 102 valence electrons. The summed E-state index contributed by atoms with van der Waals surface area (Å²) in [7, 11) is 0. The van der Waals surface area contributed by atoms with Crippen molar-refractivity contribution in [1.29, 1.82) is 0 Å². The summed E-state index contributed by atoms with van der Waals surface area (Å²) >= 11 is 0. The molecule has 1 unspecified atom stereocenters. The molecule has 6 heteroatoms. The Kier molecular flexibility index (Phi) is 5.97. The smallest absolute Gasteiger partial charge is 0.387 e. The Balaban J connectivity index is 2.70. The van der Waals surface area contributed by atoms with Crippen molar-refractivity contribution in [2.24, 2.45) is 0 Å². The molecule has 18 heavy (non-hydrogen) atoms. The van der Waals surface area contributed by atoms with E-state index in [2.05, 4.69) is 10.1 Å². The minimum Gasteiger partial charge on any atom is -0.435 e. The van der Waals surface area contributed by atoms with E-state index in [-0.39, 0.29) is 25.0 Å². The molecule has 3 N–H and O–H groups in total. The molecular weight excluding hydrogens is 244 g/mol. The van der Waals surface area contributed by atoms with Gasteiger partial charge in [-0.1, -0.05) is 12.1 Å². The van der Waals surface area contributed by atoms with Crippen molar-refractivity contribution in [3.8, 4) is 5.75 Å². The van der Waals surface area contributed by atoms with Crippen LogP contribution in [0.2, 0.25) is 0 Å². The number of halogens is 2. The fraction of sp³-hybridized carbons (Fsp3) is 0.500. The van der Waals surface area contributed by atoms with E-state index in [1.807, 2.05) is 0 Å². The van der Waals surface area contributed by atoms with Gasteiger partial charge < -0.3 is 20.3 Å². The lowest BCUT2D eigenvalue weighted by Gasteiger charge is -2.20.